The van der Waals surface area contributed by atoms with Gasteiger partial charge in [0.2, 0.25) is 0 Å². The Labute approximate surface area is 373 Å². The molecule has 0 heterocycles. The first-order valence-corrected chi connectivity index (χ1v) is 21.7. The molecular weight excluding hydrogens is 807 g/mol. The van der Waals surface area contributed by atoms with Crippen molar-refractivity contribution in [3.05, 3.63) is 73.9 Å². The summed E-state index contributed by atoms with van der Waals surface area (Å²) < 4.78 is -0.330. The van der Waals surface area contributed by atoms with Crippen molar-refractivity contribution in [3.63, 3.8) is 0 Å². The summed E-state index contributed by atoms with van der Waals surface area (Å²) in [6.07, 6.45) is 0. The van der Waals surface area contributed by atoms with E-state index in [0.29, 0.717) is 0 Å². The minimum atomic E-state index is -3.36. The molecule has 308 valence electrons. The van der Waals surface area contributed by atoms with Crippen LogP contribution in [-0.4, -0.2) is 92.6 Å². The Hall–Kier alpha value is -2.26. The van der Waals surface area contributed by atoms with Crippen molar-refractivity contribution in [1.82, 2.24) is 0 Å². The number of anilines is 6. The maximum Gasteiger partial charge on any atom is -1.00 e. The molecule has 3 aromatic rings. The molecule has 0 spiro atoms. The Morgan fingerprint density at radius 1 is 0.375 bits per heavy atom. The Morgan fingerprint density at radius 2 is 0.589 bits per heavy atom. The van der Waals surface area contributed by atoms with Crippen LogP contribution < -0.4 is 82.2 Å². The van der Waals surface area contributed by atoms with E-state index in [1.54, 1.807) is 0 Å². The van der Waals surface area contributed by atoms with Crippen LogP contribution in [0.25, 0.3) is 0 Å². The van der Waals surface area contributed by atoms with Crippen LogP contribution in [0, 0.1) is 41.5 Å². The van der Waals surface area contributed by atoms with Crippen molar-refractivity contribution in [2.24, 2.45) is 0 Å². The predicted octanol–water partition coefficient (Wildman–Crippen LogP) is -1.65. The molecule has 0 N–H and O–H groups in total. The van der Waals surface area contributed by atoms with Crippen molar-refractivity contribution in [3.8, 4) is 0 Å². The van der Waals surface area contributed by atoms with Gasteiger partial charge in [-0.05, 0) is 0 Å². The van der Waals surface area contributed by atoms with Gasteiger partial charge in [0, 0.05) is 0 Å². The summed E-state index contributed by atoms with van der Waals surface area (Å²) in [7, 11) is 23.5. The first-order chi connectivity index (χ1) is 24.3. The largest absolute Gasteiger partial charge is 1.00 e. The monoisotopic (exact) mass is 874 g/mol. The summed E-state index contributed by atoms with van der Waals surface area (Å²) in [6.45, 7) is 23.6. The van der Waals surface area contributed by atoms with Gasteiger partial charge in [-0.1, -0.05) is 0 Å². The van der Waals surface area contributed by atoms with Crippen molar-refractivity contribution in [2.45, 2.75) is 72.6 Å². The zero-order valence-corrected chi connectivity index (χ0v) is 43.4. The third-order valence-corrected chi connectivity index (χ3v) is 21.3. The van der Waals surface area contributed by atoms with E-state index in [1.807, 2.05) is 0 Å². The molecule has 1 aliphatic rings. The minimum absolute atomic E-state index is 0. The topological polar surface area (TPSA) is 19.4 Å². The van der Waals surface area contributed by atoms with E-state index in [0.717, 1.165) is 0 Å². The number of hydrogen-bond donors (Lipinski definition) is 0. The molecular formula is C45H69Cl3N6SiTi. The van der Waals surface area contributed by atoms with Gasteiger partial charge in [0.1, 0.15) is 0 Å². The van der Waals surface area contributed by atoms with Crippen LogP contribution in [0.1, 0.15) is 61.1 Å². The fourth-order valence-corrected chi connectivity index (χ4v) is 19.1. The second kappa shape index (κ2) is 18.3. The molecule has 0 aliphatic heterocycles. The molecule has 0 amide bonds. The van der Waals surface area contributed by atoms with Crippen LogP contribution >= 0.6 is 0 Å². The maximum absolute atomic E-state index is 3.36. The van der Waals surface area contributed by atoms with Crippen LogP contribution in [-0.2, 0) is 20.4 Å². The van der Waals surface area contributed by atoms with E-state index in [-0.39, 0.29) is 40.6 Å². The molecule has 0 atom stereocenters. The molecule has 0 saturated carbocycles. The Kier molecular flexibility index (Phi) is 17.0. The Morgan fingerprint density at radius 3 is 0.768 bits per heavy atom. The Balaban J connectivity index is 0.00000523. The van der Waals surface area contributed by atoms with Gasteiger partial charge in [0.15, 0.2) is 0 Å². The molecule has 1 aliphatic carbocycles. The second-order valence-corrected chi connectivity index (χ2v) is 22.8. The maximum atomic E-state index is 2.63. The molecule has 56 heavy (non-hydrogen) atoms. The SMILES string of the molecule is CC1=C(C)[C]([Ti+3])([Si](c2cc(N(C)C)c(C)c(C)c2N(C)C)(c2cc(N(C)C)c(C)c(C)c2N(C)C)c2cc(N(C)C)c(C)c(C)c2N(C)C)C(C)=C1C.[Cl-].[Cl-].[Cl-]. The van der Waals surface area contributed by atoms with Gasteiger partial charge in [-0.25, -0.2) is 0 Å². The minimum Gasteiger partial charge on any atom is -1.00 e. The zero-order valence-electron chi connectivity index (χ0n) is 38.5. The molecule has 0 fully saturated rings. The third kappa shape index (κ3) is 7.56. The van der Waals surface area contributed by atoms with Crippen molar-refractivity contribution < 1.29 is 57.7 Å². The van der Waals surface area contributed by atoms with Gasteiger partial charge in [-0.15, -0.1) is 0 Å². The van der Waals surface area contributed by atoms with Crippen LogP contribution in [0.3, 0.4) is 0 Å². The molecule has 3 aromatic carbocycles. The smallest absolute Gasteiger partial charge is 1.00 e. The van der Waals surface area contributed by atoms with Gasteiger partial charge < -0.3 is 37.2 Å². The van der Waals surface area contributed by atoms with Crippen molar-refractivity contribution in [2.75, 3.05) is 114 Å². The number of halogens is 3. The summed E-state index contributed by atoms with van der Waals surface area (Å²) in [6, 6.07) is 7.85. The number of allylic oxidation sites excluding steroid dienone is 4. The summed E-state index contributed by atoms with van der Waals surface area (Å²) in [4.78, 5) is 14.3. The van der Waals surface area contributed by atoms with Gasteiger partial charge >= 0.3 is 339 Å². The van der Waals surface area contributed by atoms with Crippen LogP contribution in [0.2, 0.25) is 3.34 Å². The van der Waals surface area contributed by atoms with Gasteiger partial charge in [-0.3, -0.25) is 0 Å². The standard InChI is InChI=1S/C45H69N6Si.3ClH.Ti/c1-26-27(2)35(10)45(34(26)9)52(39-23-36(46(11)12)28(3)31(6)42(39)49(17)18,40-24-37(47(13)14)29(4)32(7)43(40)50(19)20)41-25-38(48(15)16)30(5)33(8)44(41)51(21)22;;;;/h23-25H,1-22H3;3*1H;/q;;;;+3/p-3. The number of hydrogen-bond acceptors (Lipinski definition) is 6. The Bertz CT molecular complexity index is 1820. The molecule has 0 saturated heterocycles. The van der Waals surface area contributed by atoms with Gasteiger partial charge in [-0.2, -0.15) is 0 Å². The molecule has 6 nitrogen and oxygen atoms in total. The van der Waals surface area contributed by atoms with Gasteiger partial charge in [0.25, 0.3) is 0 Å². The van der Waals surface area contributed by atoms with E-state index >= 15 is 0 Å². The van der Waals surface area contributed by atoms with E-state index < -0.39 is 8.07 Å². The average Bonchev–Trinajstić information content (AvgIpc) is 3.20. The number of benzene rings is 3. The normalized spacial score (nSPS) is 13.6. The van der Waals surface area contributed by atoms with Crippen LogP contribution in [0.4, 0.5) is 34.1 Å². The molecule has 0 unspecified atom stereocenters. The van der Waals surface area contributed by atoms with E-state index in [2.05, 4.69) is 222 Å². The fourth-order valence-electron chi connectivity index (χ4n) is 9.65. The third-order valence-electron chi connectivity index (χ3n) is 12.9. The summed E-state index contributed by atoms with van der Waals surface area (Å²) in [5.41, 5.74) is 21.7. The average molecular weight is 876 g/mol. The van der Waals surface area contributed by atoms with Gasteiger partial charge in [0.05, 0.1) is 0 Å². The van der Waals surface area contributed by atoms with Crippen LogP contribution in [0.5, 0.6) is 0 Å². The first-order valence-electron chi connectivity index (χ1n) is 18.9. The number of nitrogens with zero attached hydrogens (tertiary/aromatic N) is 6. The summed E-state index contributed by atoms with van der Waals surface area (Å²) >= 11 is 2.63. The predicted molar refractivity (Wildman–Crippen MR) is 238 cm³/mol. The molecule has 0 radical (unpaired) electrons. The van der Waals surface area contributed by atoms with E-state index in [9.17, 15) is 0 Å². The molecule has 11 heteroatoms. The molecule has 0 aromatic heterocycles. The number of rotatable bonds is 10. The summed E-state index contributed by atoms with van der Waals surface area (Å²) in [5.74, 6) is 0. The van der Waals surface area contributed by atoms with E-state index in [4.69, 9.17) is 0 Å². The van der Waals surface area contributed by atoms with Crippen molar-refractivity contribution >= 4 is 57.8 Å². The fraction of sp³-hybridized carbons (Fsp3) is 0.511. The van der Waals surface area contributed by atoms with E-state index in [1.165, 1.54) is 105 Å². The van der Waals surface area contributed by atoms with Crippen LogP contribution in [0.15, 0.2) is 40.5 Å². The quantitative estimate of drug-likeness (QED) is 0.179. The first kappa shape index (κ1) is 51.8. The van der Waals surface area contributed by atoms with Crippen molar-refractivity contribution in [1.29, 1.82) is 0 Å². The zero-order chi connectivity index (χ0) is 40.6. The molecule has 0 bridgehead atoms. The molecule has 4 rings (SSSR count). The summed E-state index contributed by atoms with van der Waals surface area (Å²) in [5, 5.41) is 4.39. The second-order valence-electron chi connectivity index (χ2n) is 17.0.